The van der Waals surface area contributed by atoms with E-state index < -0.39 is 0 Å². The quantitative estimate of drug-likeness (QED) is 0.697. The average molecular weight is 382 g/mol. The Labute approximate surface area is 152 Å². The number of halogens is 2. The molecule has 0 saturated heterocycles. The molecule has 0 saturated carbocycles. The molecule has 3 rings (SSSR count). The van der Waals surface area contributed by atoms with Crippen molar-refractivity contribution in [2.45, 2.75) is 20.3 Å². The summed E-state index contributed by atoms with van der Waals surface area (Å²) in [5.41, 5.74) is 3.67. The molecule has 3 aromatic rings. The second kappa shape index (κ2) is 6.93. The van der Waals surface area contributed by atoms with Gasteiger partial charge >= 0.3 is 6.01 Å². The standard InChI is InChI=1S/C16H13Cl2N3O2S/c1-8-3-4-9(2)10(5-8)6-13(22)19-16-21-20-15(23-16)11-7-12(17)24-14(11)18/h3-5,7H,6H2,1-2H3,(H,19,21,22). The Kier molecular flexibility index (Phi) is 4.89. The molecule has 1 amide bonds. The minimum atomic E-state index is -0.228. The molecule has 0 fully saturated rings. The third-order valence-electron chi connectivity index (χ3n) is 3.41. The zero-order valence-electron chi connectivity index (χ0n) is 12.9. The highest BCUT2D eigenvalue weighted by atomic mass is 35.5. The van der Waals surface area contributed by atoms with Crippen molar-refractivity contribution in [2.24, 2.45) is 0 Å². The number of amides is 1. The highest BCUT2D eigenvalue weighted by Crippen LogP contribution is 2.37. The number of thiophene rings is 1. The van der Waals surface area contributed by atoms with Gasteiger partial charge in [-0.3, -0.25) is 10.1 Å². The Morgan fingerprint density at radius 2 is 2.04 bits per heavy atom. The zero-order chi connectivity index (χ0) is 17.3. The van der Waals surface area contributed by atoms with Gasteiger partial charge in [-0.2, -0.15) is 0 Å². The topological polar surface area (TPSA) is 68.0 Å². The third-order valence-corrected chi connectivity index (χ3v) is 4.90. The molecule has 1 N–H and O–H groups in total. The van der Waals surface area contributed by atoms with E-state index in [1.807, 2.05) is 32.0 Å². The Bertz CT molecular complexity index is 905. The lowest BCUT2D eigenvalue weighted by Gasteiger charge is -2.06. The number of hydrogen-bond acceptors (Lipinski definition) is 5. The SMILES string of the molecule is Cc1ccc(C)c(CC(=O)Nc2nnc(-c3cc(Cl)sc3Cl)o2)c1. The van der Waals surface area contributed by atoms with Crippen LogP contribution in [0.5, 0.6) is 0 Å². The number of carbonyl (C=O) groups excluding carboxylic acids is 1. The van der Waals surface area contributed by atoms with E-state index in [0.717, 1.165) is 16.7 Å². The molecule has 2 aromatic heterocycles. The first-order chi connectivity index (χ1) is 11.4. The lowest BCUT2D eigenvalue weighted by molar-refractivity contribution is -0.115. The molecule has 24 heavy (non-hydrogen) atoms. The number of aromatic nitrogens is 2. The van der Waals surface area contributed by atoms with Crippen molar-refractivity contribution in [1.82, 2.24) is 10.2 Å². The van der Waals surface area contributed by atoms with Gasteiger partial charge in [0.05, 0.1) is 16.3 Å². The summed E-state index contributed by atoms with van der Waals surface area (Å²) in [6.07, 6.45) is 0.232. The molecule has 0 unspecified atom stereocenters. The highest BCUT2D eigenvalue weighted by molar-refractivity contribution is 7.20. The maximum atomic E-state index is 12.2. The van der Waals surface area contributed by atoms with E-state index in [2.05, 4.69) is 15.5 Å². The number of hydrogen-bond donors (Lipinski definition) is 1. The summed E-state index contributed by atoms with van der Waals surface area (Å²) < 4.78 is 6.41. The Balaban J connectivity index is 1.71. The summed E-state index contributed by atoms with van der Waals surface area (Å²) in [4.78, 5) is 12.2. The number of rotatable bonds is 4. The predicted octanol–water partition coefficient (Wildman–Crippen LogP) is 4.90. The Hall–Kier alpha value is -1.89. The first-order valence-electron chi connectivity index (χ1n) is 7.07. The van der Waals surface area contributed by atoms with E-state index >= 15 is 0 Å². The Morgan fingerprint density at radius 3 is 2.75 bits per heavy atom. The van der Waals surface area contributed by atoms with Gasteiger partial charge in [0.25, 0.3) is 5.89 Å². The molecule has 0 aliphatic rings. The summed E-state index contributed by atoms with van der Waals surface area (Å²) in [7, 11) is 0. The summed E-state index contributed by atoms with van der Waals surface area (Å²) in [6.45, 7) is 3.95. The monoisotopic (exact) mass is 381 g/mol. The fourth-order valence-electron chi connectivity index (χ4n) is 2.20. The van der Waals surface area contributed by atoms with Gasteiger partial charge in [0.2, 0.25) is 5.91 Å². The van der Waals surface area contributed by atoms with Crippen molar-refractivity contribution < 1.29 is 9.21 Å². The van der Waals surface area contributed by atoms with Gasteiger partial charge in [0.1, 0.15) is 4.34 Å². The van der Waals surface area contributed by atoms with Crippen LogP contribution < -0.4 is 5.32 Å². The van der Waals surface area contributed by atoms with Gasteiger partial charge in [-0.25, -0.2) is 0 Å². The molecule has 0 aliphatic carbocycles. The molecule has 124 valence electrons. The summed E-state index contributed by atoms with van der Waals surface area (Å²) in [6, 6.07) is 7.66. The van der Waals surface area contributed by atoms with Crippen molar-refractivity contribution in [3.05, 3.63) is 49.6 Å². The van der Waals surface area contributed by atoms with Crippen molar-refractivity contribution in [3.8, 4) is 11.5 Å². The van der Waals surface area contributed by atoms with Gasteiger partial charge in [-0.1, -0.05) is 52.1 Å². The van der Waals surface area contributed by atoms with E-state index in [1.165, 1.54) is 11.3 Å². The van der Waals surface area contributed by atoms with Crippen LogP contribution in [0.25, 0.3) is 11.5 Å². The maximum Gasteiger partial charge on any atom is 0.322 e. The van der Waals surface area contributed by atoms with Gasteiger partial charge in [-0.05, 0) is 31.0 Å². The van der Waals surface area contributed by atoms with Crippen LogP contribution >= 0.6 is 34.5 Å². The minimum absolute atomic E-state index is 0.0266. The van der Waals surface area contributed by atoms with Gasteiger partial charge in [0, 0.05) is 0 Å². The molecule has 8 heteroatoms. The molecule has 1 aromatic carbocycles. The second-order valence-electron chi connectivity index (χ2n) is 5.31. The number of benzene rings is 1. The number of carbonyl (C=O) groups is 1. The van der Waals surface area contributed by atoms with E-state index in [1.54, 1.807) is 6.07 Å². The average Bonchev–Trinajstić information content (AvgIpc) is 3.09. The predicted molar refractivity (Wildman–Crippen MR) is 95.9 cm³/mol. The van der Waals surface area contributed by atoms with Crippen LogP contribution in [0.4, 0.5) is 6.01 Å². The van der Waals surface area contributed by atoms with Crippen LogP contribution in [0.3, 0.4) is 0 Å². The summed E-state index contributed by atoms with van der Waals surface area (Å²) in [5, 5.41) is 10.3. The van der Waals surface area contributed by atoms with Crippen LogP contribution in [-0.2, 0) is 11.2 Å². The highest BCUT2D eigenvalue weighted by Gasteiger charge is 2.16. The van der Waals surface area contributed by atoms with E-state index in [4.69, 9.17) is 27.6 Å². The fourth-order valence-corrected chi connectivity index (χ4v) is 3.64. The van der Waals surface area contributed by atoms with Crippen molar-refractivity contribution >= 4 is 46.5 Å². The van der Waals surface area contributed by atoms with Gasteiger partial charge in [0.15, 0.2) is 0 Å². The summed E-state index contributed by atoms with van der Waals surface area (Å²) >= 11 is 13.2. The van der Waals surface area contributed by atoms with E-state index in [-0.39, 0.29) is 24.2 Å². The molecular formula is C16H13Cl2N3O2S. The molecular weight excluding hydrogens is 369 g/mol. The van der Waals surface area contributed by atoms with Crippen LogP contribution in [0.1, 0.15) is 16.7 Å². The fraction of sp³-hybridized carbons (Fsp3) is 0.188. The van der Waals surface area contributed by atoms with Gasteiger partial charge in [-0.15, -0.1) is 16.4 Å². The van der Waals surface area contributed by atoms with Crippen molar-refractivity contribution in [1.29, 1.82) is 0 Å². The van der Waals surface area contributed by atoms with Crippen molar-refractivity contribution in [2.75, 3.05) is 5.32 Å². The second-order valence-corrected chi connectivity index (χ2v) is 7.59. The molecule has 0 aliphatic heterocycles. The van der Waals surface area contributed by atoms with Crippen LogP contribution in [0.15, 0.2) is 28.7 Å². The molecule has 0 atom stereocenters. The number of nitrogens with zero attached hydrogens (tertiary/aromatic N) is 2. The first-order valence-corrected chi connectivity index (χ1v) is 8.64. The van der Waals surface area contributed by atoms with Gasteiger partial charge < -0.3 is 4.42 Å². The molecule has 5 nitrogen and oxygen atoms in total. The van der Waals surface area contributed by atoms with Crippen LogP contribution in [0.2, 0.25) is 8.67 Å². The summed E-state index contributed by atoms with van der Waals surface area (Å²) in [5.74, 6) is -0.0152. The lowest BCUT2D eigenvalue weighted by atomic mass is 10.0. The van der Waals surface area contributed by atoms with Crippen LogP contribution in [0, 0.1) is 13.8 Å². The number of anilines is 1. The molecule has 2 heterocycles. The zero-order valence-corrected chi connectivity index (χ0v) is 15.2. The minimum Gasteiger partial charge on any atom is -0.403 e. The lowest BCUT2D eigenvalue weighted by Crippen LogP contribution is -2.15. The number of nitrogens with one attached hydrogen (secondary N) is 1. The first kappa shape index (κ1) is 17.0. The third kappa shape index (κ3) is 3.77. The molecule has 0 bridgehead atoms. The van der Waals surface area contributed by atoms with Crippen molar-refractivity contribution in [3.63, 3.8) is 0 Å². The smallest absolute Gasteiger partial charge is 0.322 e. The van der Waals surface area contributed by atoms with Crippen LogP contribution in [-0.4, -0.2) is 16.1 Å². The normalized spacial score (nSPS) is 10.8. The largest absolute Gasteiger partial charge is 0.403 e. The molecule has 0 radical (unpaired) electrons. The molecule has 0 spiro atoms. The van der Waals surface area contributed by atoms with E-state index in [0.29, 0.717) is 14.2 Å². The Morgan fingerprint density at radius 1 is 1.25 bits per heavy atom. The maximum absolute atomic E-state index is 12.2. The van der Waals surface area contributed by atoms with E-state index in [9.17, 15) is 4.79 Å². The number of aryl methyl sites for hydroxylation is 2.